The first-order valence-corrected chi connectivity index (χ1v) is 7.27. The van der Waals surface area contributed by atoms with Gasteiger partial charge in [-0.15, -0.1) is 0 Å². The van der Waals surface area contributed by atoms with Gasteiger partial charge in [0.2, 0.25) is 5.91 Å². The van der Waals surface area contributed by atoms with E-state index in [0.717, 1.165) is 12.8 Å². The number of hydrogen-bond acceptors (Lipinski definition) is 5. The monoisotopic (exact) mass is 287 g/mol. The Bertz CT molecular complexity index is 322. The molecule has 6 heteroatoms. The first kappa shape index (κ1) is 15.7. The average molecular weight is 287 g/mol. The molecular formula is C14H25NO5. The molecule has 0 aliphatic heterocycles. The van der Waals surface area contributed by atoms with E-state index in [-0.39, 0.29) is 17.2 Å². The van der Waals surface area contributed by atoms with E-state index >= 15 is 0 Å². The number of hydrogen-bond donors (Lipinski definition) is 3. The zero-order valence-corrected chi connectivity index (χ0v) is 12.0. The number of methoxy groups -OCH3 is 1. The van der Waals surface area contributed by atoms with Gasteiger partial charge in [0.1, 0.15) is 0 Å². The summed E-state index contributed by atoms with van der Waals surface area (Å²) >= 11 is 0. The number of carbonyl (C=O) groups excluding carboxylic acids is 1. The lowest BCUT2D eigenvalue weighted by atomic mass is 9.86. The topological polar surface area (TPSA) is 88.0 Å². The quantitative estimate of drug-likeness (QED) is 0.532. The minimum Gasteiger partial charge on any atom is -0.390 e. The maximum Gasteiger partial charge on any atom is 0.223 e. The Kier molecular flexibility index (Phi) is 5.37. The number of ether oxygens (including phenoxy) is 2. The number of rotatable bonds is 8. The largest absolute Gasteiger partial charge is 0.390 e. The number of aliphatic hydroxyl groups excluding tert-OH is 2. The van der Waals surface area contributed by atoms with Gasteiger partial charge in [0.15, 0.2) is 0 Å². The van der Waals surface area contributed by atoms with Crippen LogP contribution in [0.3, 0.4) is 0 Å². The summed E-state index contributed by atoms with van der Waals surface area (Å²) in [5.74, 6) is 0.245. The SMILES string of the molecule is COCCOCC1(CNC(=O)C2CC2)C[C@@H](O)[C@@H](O)C1. The van der Waals surface area contributed by atoms with Gasteiger partial charge >= 0.3 is 0 Å². The highest BCUT2D eigenvalue weighted by Gasteiger charge is 2.45. The third kappa shape index (κ3) is 4.15. The zero-order valence-electron chi connectivity index (χ0n) is 12.0. The minimum atomic E-state index is -0.737. The molecule has 0 heterocycles. The summed E-state index contributed by atoms with van der Waals surface area (Å²) in [5.41, 5.74) is -0.378. The van der Waals surface area contributed by atoms with E-state index in [2.05, 4.69) is 5.32 Å². The molecule has 0 aromatic rings. The Labute approximate surface area is 119 Å². The van der Waals surface area contributed by atoms with Crippen LogP contribution < -0.4 is 5.32 Å². The molecule has 6 nitrogen and oxygen atoms in total. The third-order valence-corrected chi connectivity index (χ3v) is 4.15. The molecule has 0 aromatic carbocycles. The molecule has 20 heavy (non-hydrogen) atoms. The van der Waals surface area contributed by atoms with Crippen LogP contribution in [-0.2, 0) is 14.3 Å². The molecule has 2 aliphatic carbocycles. The summed E-state index contributed by atoms with van der Waals surface area (Å²) in [7, 11) is 1.61. The van der Waals surface area contributed by atoms with Crippen molar-refractivity contribution < 1.29 is 24.5 Å². The number of carbonyl (C=O) groups is 1. The van der Waals surface area contributed by atoms with E-state index in [1.165, 1.54) is 0 Å². The molecule has 116 valence electrons. The molecular weight excluding hydrogens is 262 g/mol. The summed E-state index contributed by atoms with van der Waals surface area (Å²) < 4.78 is 10.5. The molecule has 0 spiro atoms. The van der Waals surface area contributed by atoms with Crippen molar-refractivity contribution in [3.05, 3.63) is 0 Å². The van der Waals surface area contributed by atoms with Gasteiger partial charge in [-0.05, 0) is 25.7 Å². The van der Waals surface area contributed by atoms with Crippen molar-refractivity contribution in [2.24, 2.45) is 11.3 Å². The summed E-state index contributed by atoms with van der Waals surface area (Å²) in [5, 5.41) is 22.5. The van der Waals surface area contributed by atoms with Crippen LogP contribution in [0.5, 0.6) is 0 Å². The first-order valence-electron chi connectivity index (χ1n) is 7.27. The van der Waals surface area contributed by atoms with Crippen molar-refractivity contribution in [1.29, 1.82) is 0 Å². The Hall–Kier alpha value is -0.690. The third-order valence-electron chi connectivity index (χ3n) is 4.15. The predicted molar refractivity (Wildman–Crippen MR) is 72.1 cm³/mol. The van der Waals surface area contributed by atoms with Crippen LogP contribution >= 0.6 is 0 Å². The van der Waals surface area contributed by atoms with Crippen LogP contribution in [-0.4, -0.2) is 61.8 Å². The molecule has 2 saturated carbocycles. The molecule has 0 bridgehead atoms. The van der Waals surface area contributed by atoms with Gasteiger partial charge in [0.05, 0.1) is 32.0 Å². The average Bonchev–Trinajstić information content (AvgIpc) is 3.21. The molecule has 0 aromatic heterocycles. The van der Waals surface area contributed by atoms with Crippen molar-refractivity contribution in [2.45, 2.75) is 37.9 Å². The van der Waals surface area contributed by atoms with Crippen LogP contribution in [0.15, 0.2) is 0 Å². The summed E-state index contributed by atoms with van der Waals surface area (Å²) in [4.78, 5) is 11.7. The Morgan fingerprint density at radius 2 is 1.90 bits per heavy atom. The molecule has 1 amide bonds. The minimum absolute atomic E-state index is 0.0807. The molecule has 0 radical (unpaired) electrons. The van der Waals surface area contributed by atoms with Gasteiger partial charge < -0.3 is 25.0 Å². The van der Waals surface area contributed by atoms with E-state index in [1.54, 1.807) is 7.11 Å². The number of aliphatic hydroxyl groups is 2. The standard InChI is InChI=1S/C14H25NO5/c1-19-4-5-20-9-14(6-11(16)12(17)7-14)8-15-13(18)10-2-3-10/h10-12,16-17H,2-9H2,1H3,(H,15,18)/t11-,12+,14?. The lowest BCUT2D eigenvalue weighted by Gasteiger charge is -2.29. The predicted octanol–water partition coefficient (Wildman–Crippen LogP) is -0.322. The van der Waals surface area contributed by atoms with Crippen LogP contribution in [0.4, 0.5) is 0 Å². The molecule has 1 unspecified atom stereocenters. The summed E-state index contributed by atoms with van der Waals surface area (Å²) in [6.07, 6.45) is 1.36. The van der Waals surface area contributed by atoms with Gasteiger partial charge in [-0.2, -0.15) is 0 Å². The summed E-state index contributed by atoms with van der Waals surface area (Å²) in [6.45, 7) is 1.84. The smallest absolute Gasteiger partial charge is 0.223 e. The van der Waals surface area contributed by atoms with Gasteiger partial charge in [-0.3, -0.25) is 4.79 Å². The van der Waals surface area contributed by atoms with Gasteiger partial charge in [-0.25, -0.2) is 0 Å². The van der Waals surface area contributed by atoms with Crippen LogP contribution in [0.25, 0.3) is 0 Å². The zero-order chi connectivity index (χ0) is 14.6. The van der Waals surface area contributed by atoms with E-state index in [4.69, 9.17) is 9.47 Å². The van der Waals surface area contributed by atoms with Crippen molar-refractivity contribution in [2.75, 3.05) is 33.5 Å². The Balaban J connectivity index is 1.84. The Morgan fingerprint density at radius 3 is 2.45 bits per heavy atom. The van der Waals surface area contributed by atoms with Crippen molar-refractivity contribution in [3.8, 4) is 0 Å². The molecule has 2 aliphatic rings. The van der Waals surface area contributed by atoms with Crippen molar-refractivity contribution in [3.63, 3.8) is 0 Å². The fraction of sp³-hybridized carbons (Fsp3) is 0.929. The van der Waals surface area contributed by atoms with E-state index < -0.39 is 12.2 Å². The van der Waals surface area contributed by atoms with Gasteiger partial charge in [0.25, 0.3) is 0 Å². The molecule has 0 saturated heterocycles. The van der Waals surface area contributed by atoms with Gasteiger partial charge in [0, 0.05) is 25.0 Å². The van der Waals surface area contributed by atoms with Crippen LogP contribution in [0.2, 0.25) is 0 Å². The maximum absolute atomic E-state index is 11.7. The normalized spacial score (nSPS) is 33.4. The van der Waals surface area contributed by atoms with Crippen molar-refractivity contribution in [1.82, 2.24) is 5.32 Å². The van der Waals surface area contributed by atoms with Crippen LogP contribution in [0, 0.1) is 11.3 Å². The number of nitrogens with one attached hydrogen (secondary N) is 1. The Morgan fingerprint density at radius 1 is 1.25 bits per heavy atom. The first-order chi connectivity index (χ1) is 9.56. The van der Waals surface area contributed by atoms with E-state index in [9.17, 15) is 15.0 Å². The molecule has 3 N–H and O–H groups in total. The summed E-state index contributed by atoms with van der Waals surface area (Å²) in [6, 6.07) is 0. The molecule has 2 fully saturated rings. The lowest BCUT2D eigenvalue weighted by Crippen LogP contribution is -2.40. The maximum atomic E-state index is 11.7. The highest BCUT2D eigenvalue weighted by Crippen LogP contribution is 2.39. The van der Waals surface area contributed by atoms with Crippen LogP contribution in [0.1, 0.15) is 25.7 Å². The van der Waals surface area contributed by atoms with E-state index in [0.29, 0.717) is 39.2 Å². The molecule has 2 rings (SSSR count). The lowest BCUT2D eigenvalue weighted by molar-refractivity contribution is -0.123. The second kappa shape index (κ2) is 6.85. The second-order valence-corrected chi connectivity index (χ2v) is 6.08. The fourth-order valence-electron chi connectivity index (χ4n) is 2.75. The number of amides is 1. The fourth-order valence-corrected chi connectivity index (χ4v) is 2.75. The van der Waals surface area contributed by atoms with Crippen molar-refractivity contribution >= 4 is 5.91 Å². The van der Waals surface area contributed by atoms with E-state index in [1.807, 2.05) is 0 Å². The highest BCUT2D eigenvalue weighted by atomic mass is 16.5. The second-order valence-electron chi connectivity index (χ2n) is 6.08. The molecule has 3 atom stereocenters. The highest BCUT2D eigenvalue weighted by molar-refractivity contribution is 5.80. The van der Waals surface area contributed by atoms with Gasteiger partial charge in [-0.1, -0.05) is 0 Å².